The minimum atomic E-state index is -4.25. The van der Waals surface area contributed by atoms with Gasteiger partial charge in [-0.05, 0) is 73.0 Å². The number of hydrogen-bond donors (Lipinski definition) is 1. The maximum atomic E-state index is 13.9. The highest BCUT2D eigenvalue weighted by molar-refractivity contribution is 7.92. The predicted molar refractivity (Wildman–Crippen MR) is 162 cm³/mol. The van der Waals surface area contributed by atoms with Gasteiger partial charge in [0.1, 0.15) is 12.6 Å². The normalized spacial score (nSPS) is 12.2. The Morgan fingerprint density at radius 2 is 1.48 bits per heavy atom. The van der Waals surface area contributed by atoms with Crippen LogP contribution in [-0.2, 0) is 26.2 Å². The van der Waals surface area contributed by atoms with E-state index in [-0.39, 0.29) is 34.0 Å². The molecule has 0 aromatic heterocycles. The summed E-state index contributed by atoms with van der Waals surface area (Å²) in [5.41, 5.74) is 0.718. The Morgan fingerprint density at radius 3 is 2.08 bits per heavy atom. The molecule has 7 nitrogen and oxygen atoms in total. The van der Waals surface area contributed by atoms with Crippen LogP contribution >= 0.6 is 46.4 Å². The number of rotatable bonds is 11. The first-order chi connectivity index (χ1) is 18.8. The molecule has 0 spiro atoms. The number of halogens is 4. The summed E-state index contributed by atoms with van der Waals surface area (Å²) in [4.78, 5) is 28.2. The van der Waals surface area contributed by atoms with Gasteiger partial charge in [0.05, 0.1) is 10.6 Å². The number of carbonyl (C=O) groups excluding carboxylic acids is 2. The molecule has 0 aliphatic heterocycles. The maximum absolute atomic E-state index is 13.9. The molecule has 1 N–H and O–H groups in total. The summed E-state index contributed by atoms with van der Waals surface area (Å²) >= 11 is 24.6. The van der Waals surface area contributed by atoms with Crippen molar-refractivity contribution in [2.24, 2.45) is 5.92 Å². The van der Waals surface area contributed by atoms with Crippen LogP contribution in [-0.4, -0.2) is 44.3 Å². The highest BCUT2D eigenvalue weighted by Gasteiger charge is 2.33. The Kier molecular flexibility index (Phi) is 11.1. The summed E-state index contributed by atoms with van der Waals surface area (Å²) in [6, 6.07) is 15.6. The van der Waals surface area contributed by atoms with Crippen molar-refractivity contribution in [1.29, 1.82) is 0 Å². The number of benzene rings is 3. The molecular formula is C28H29Cl4N3O4S. The Bertz CT molecular complexity index is 1470. The molecule has 0 aliphatic carbocycles. The molecule has 1 atom stereocenters. The first-order valence-electron chi connectivity index (χ1n) is 12.3. The molecule has 0 radical (unpaired) electrons. The third kappa shape index (κ3) is 8.27. The van der Waals surface area contributed by atoms with E-state index in [1.807, 2.05) is 13.8 Å². The van der Waals surface area contributed by atoms with E-state index in [9.17, 15) is 18.0 Å². The zero-order valence-corrected chi connectivity index (χ0v) is 25.9. The van der Waals surface area contributed by atoms with Crippen LogP contribution in [0.25, 0.3) is 0 Å². The van der Waals surface area contributed by atoms with E-state index in [1.54, 1.807) is 31.2 Å². The van der Waals surface area contributed by atoms with Crippen LogP contribution < -0.4 is 9.62 Å². The third-order valence-corrected chi connectivity index (χ3v) is 8.85. The second kappa shape index (κ2) is 13.9. The topological polar surface area (TPSA) is 86.8 Å². The lowest BCUT2D eigenvalue weighted by atomic mass is 10.1. The number of anilines is 1. The lowest BCUT2D eigenvalue weighted by Crippen LogP contribution is -2.51. The molecule has 0 aliphatic rings. The van der Waals surface area contributed by atoms with E-state index in [2.05, 4.69) is 5.32 Å². The Labute approximate surface area is 255 Å². The molecule has 0 bridgehead atoms. The third-order valence-electron chi connectivity index (χ3n) is 5.98. The van der Waals surface area contributed by atoms with E-state index in [0.717, 1.165) is 4.31 Å². The van der Waals surface area contributed by atoms with Crippen molar-refractivity contribution >= 4 is 73.9 Å². The lowest BCUT2D eigenvalue weighted by molar-refractivity contribution is -0.139. The number of amides is 2. The zero-order chi connectivity index (χ0) is 29.6. The molecule has 12 heteroatoms. The fourth-order valence-electron chi connectivity index (χ4n) is 3.76. The molecule has 0 saturated heterocycles. The Balaban J connectivity index is 2.04. The highest BCUT2D eigenvalue weighted by atomic mass is 35.5. The van der Waals surface area contributed by atoms with Gasteiger partial charge >= 0.3 is 0 Å². The monoisotopic (exact) mass is 643 g/mol. The maximum Gasteiger partial charge on any atom is 0.264 e. The second-order valence-corrected chi connectivity index (χ2v) is 13.1. The summed E-state index contributed by atoms with van der Waals surface area (Å²) in [7, 11) is -4.25. The van der Waals surface area contributed by atoms with Crippen LogP contribution in [0.4, 0.5) is 5.69 Å². The fraction of sp³-hybridized carbons (Fsp3) is 0.286. The van der Waals surface area contributed by atoms with Crippen molar-refractivity contribution in [2.75, 3.05) is 17.4 Å². The second-order valence-electron chi connectivity index (χ2n) is 9.52. The van der Waals surface area contributed by atoms with Gasteiger partial charge in [0, 0.05) is 33.2 Å². The number of hydrogen-bond acceptors (Lipinski definition) is 4. The SMILES string of the molecule is CC(C)CNC(=O)C(C)N(Cc1ccc(Cl)cc1Cl)C(=O)CN(c1cccc(Cl)c1)S(=O)(=O)c1ccc(Cl)cc1. The molecule has 3 aromatic rings. The van der Waals surface area contributed by atoms with E-state index in [0.29, 0.717) is 27.2 Å². The summed E-state index contributed by atoms with van der Waals surface area (Å²) < 4.78 is 28.6. The van der Waals surface area contributed by atoms with Crippen molar-refractivity contribution in [1.82, 2.24) is 10.2 Å². The average Bonchev–Trinajstić information content (AvgIpc) is 2.89. The Morgan fingerprint density at radius 1 is 0.850 bits per heavy atom. The van der Waals surface area contributed by atoms with Crippen LogP contribution in [0.3, 0.4) is 0 Å². The van der Waals surface area contributed by atoms with Gasteiger partial charge in [-0.25, -0.2) is 8.42 Å². The van der Waals surface area contributed by atoms with Crippen molar-refractivity contribution in [3.63, 3.8) is 0 Å². The molecule has 214 valence electrons. The Hall–Kier alpha value is -2.49. The smallest absolute Gasteiger partial charge is 0.264 e. The van der Waals surface area contributed by atoms with Crippen molar-refractivity contribution < 1.29 is 18.0 Å². The molecular weight excluding hydrogens is 616 g/mol. The molecule has 3 rings (SSSR count). The van der Waals surface area contributed by atoms with Crippen molar-refractivity contribution in [3.8, 4) is 0 Å². The van der Waals surface area contributed by atoms with Gasteiger partial charge in [0.2, 0.25) is 11.8 Å². The van der Waals surface area contributed by atoms with E-state index in [1.165, 1.54) is 47.4 Å². The standard InChI is InChI=1S/C28H29Cl4N3O4S/c1-18(2)15-33-28(37)19(3)34(16-20-7-8-23(31)14-26(20)32)27(36)17-35(24-6-4-5-22(30)13-24)40(38,39)25-11-9-21(29)10-12-25/h4-14,18-19H,15-17H2,1-3H3,(H,33,37). The van der Waals surface area contributed by atoms with Gasteiger partial charge in [-0.2, -0.15) is 0 Å². The van der Waals surface area contributed by atoms with E-state index in [4.69, 9.17) is 46.4 Å². The first-order valence-corrected chi connectivity index (χ1v) is 15.3. The average molecular weight is 645 g/mol. The lowest BCUT2D eigenvalue weighted by Gasteiger charge is -2.32. The summed E-state index contributed by atoms with van der Waals surface area (Å²) in [5, 5.41) is 4.19. The summed E-state index contributed by atoms with van der Waals surface area (Å²) in [6.45, 7) is 5.22. The van der Waals surface area contributed by atoms with Crippen molar-refractivity contribution in [3.05, 3.63) is 92.4 Å². The number of nitrogens with one attached hydrogen (secondary N) is 1. The highest BCUT2D eigenvalue weighted by Crippen LogP contribution is 2.28. The fourth-order valence-corrected chi connectivity index (χ4v) is 5.95. The molecule has 0 heterocycles. The van der Waals surface area contributed by atoms with Crippen LogP contribution in [0.2, 0.25) is 20.1 Å². The molecule has 2 amide bonds. The van der Waals surface area contributed by atoms with Gasteiger partial charge in [-0.15, -0.1) is 0 Å². The van der Waals surface area contributed by atoms with Crippen LogP contribution in [0.1, 0.15) is 26.3 Å². The van der Waals surface area contributed by atoms with Gasteiger partial charge < -0.3 is 10.2 Å². The van der Waals surface area contributed by atoms with Crippen LogP contribution in [0, 0.1) is 5.92 Å². The molecule has 0 saturated carbocycles. The molecule has 1 unspecified atom stereocenters. The van der Waals surface area contributed by atoms with Gasteiger partial charge in [-0.3, -0.25) is 13.9 Å². The summed E-state index contributed by atoms with van der Waals surface area (Å²) in [5.74, 6) is -0.827. The van der Waals surface area contributed by atoms with Gasteiger partial charge in [0.25, 0.3) is 10.0 Å². The minimum absolute atomic E-state index is 0.0600. The minimum Gasteiger partial charge on any atom is -0.354 e. The molecule has 3 aromatic carbocycles. The first kappa shape index (κ1) is 32.0. The van der Waals surface area contributed by atoms with E-state index >= 15 is 0 Å². The molecule has 0 fully saturated rings. The number of carbonyl (C=O) groups is 2. The number of sulfonamides is 1. The van der Waals surface area contributed by atoms with Crippen molar-refractivity contribution in [2.45, 2.75) is 38.3 Å². The predicted octanol–water partition coefficient (Wildman–Crippen LogP) is 6.69. The van der Waals surface area contributed by atoms with Gasteiger partial charge in [-0.1, -0.05) is 72.4 Å². The number of nitrogens with zero attached hydrogens (tertiary/aromatic N) is 2. The largest absolute Gasteiger partial charge is 0.354 e. The van der Waals surface area contributed by atoms with Crippen LogP contribution in [0.5, 0.6) is 0 Å². The van der Waals surface area contributed by atoms with E-state index < -0.39 is 28.5 Å². The molecule has 40 heavy (non-hydrogen) atoms. The zero-order valence-electron chi connectivity index (χ0n) is 22.1. The van der Waals surface area contributed by atoms with Crippen LogP contribution in [0.15, 0.2) is 71.6 Å². The quantitative estimate of drug-likeness (QED) is 0.252. The van der Waals surface area contributed by atoms with Gasteiger partial charge in [0.15, 0.2) is 0 Å². The summed E-state index contributed by atoms with van der Waals surface area (Å²) in [6.07, 6.45) is 0.